The number of aromatic nitrogens is 2. The maximum Gasteiger partial charge on any atom is 0.229 e. The summed E-state index contributed by atoms with van der Waals surface area (Å²) in [5.74, 6) is 1.30. The van der Waals surface area contributed by atoms with E-state index in [9.17, 15) is 0 Å². The fourth-order valence-corrected chi connectivity index (χ4v) is 3.73. The number of ether oxygens (including phenoxy) is 2. The zero-order valence-electron chi connectivity index (χ0n) is 20.8. The number of aryl methyl sites for hydroxylation is 2. The molecule has 0 radical (unpaired) electrons. The summed E-state index contributed by atoms with van der Waals surface area (Å²) in [7, 11) is 1.60. The number of nitrogens with zero attached hydrogens (tertiary/aromatic N) is 4. The van der Waals surface area contributed by atoms with Gasteiger partial charge in [-0.15, -0.1) is 0 Å². The van der Waals surface area contributed by atoms with Gasteiger partial charge in [0.1, 0.15) is 11.6 Å². The Morgan fingerprint density at radius 1 is 1.08 bits per heavy atom. The lowest BCUT2D eigenvalue weighted by Crippen LogP contribution is -2.11. The molecule has 0 fully saturated rings. The van der Waals surface area contributed by atoms with Gasteiger partial charge in [0.2, 0.25) is 5.95 Å². The molecule has 36 heavy (non-hydrogen) atoms. The highest BCUT2D eigenvalue weighted by Gasteiger charge is 2.20. The van der Waals surface area contributed by atoms with Crippen LogP contribution in [0.4, 0.5) is 23.1 Å². The Labute approximate surface area is 211 Å². The van der Waals surface area contributed by atoms with E-state index in [1.807, 2.05) is 39.0 Å². The summed E-state index contributed by atoms with van der Waals surface area (Å²) in [6.07, 6.45) is 3.22. The quantitative estimate of drug-likeness (QED) is 0.262. The van der Waals surface area contributed by atoms with Crippen molar-refractivity contribution >= 4 is 35.0 Å². The van der Waals surface area contributed by atoms with E-state index in [-0.39, 0.29) is 6.61 Å². The van der Waals surface area contributed by atoms with Gasteiger partial charge in [0.05, 0.1) is 42.2 Å². The molecular weight excluding hydrogens is 452 g/mol. The third-order valence-electron chi connectivity index (χ3n) is 5.28. The van der Waals surface area contributed by atoms with Gasteiger partial charge >= 0.3 is 0 Å². The zero-order chi connectivity index (χ0) is 26.1. The van der Waals surface area contributed by atoms with Crippen molar-refractivity contribution in [3.63, 3.8) is 0 Å². The SMILES string of the molecule is C=C(OCC)c1c(COC)nc(Nc2ccc(C#N)cc2)nc1Nc1c(C)cc(C=CC#N)cc1C. The zero-order valence-corrected chi connectivity index (χ0v) is 20.8. The highest BCUT2D eigenvalue weighted by Crippen LogP contribution is 2.33. The molecule has 1 aromatic heterocycles. The van der Waals surface area contributed by atoms with Crippen molar-refractivity contribution in [3.05, 3.63) is 82.6 Å². The van der Waals surface area contributed by atoms with Crippen molar-refractivity contribution in [2.24, 2.45) is 0 Å². The molecule has 0 aliphatic carbocycles. The van der Waals surface area contributed by atoms with Gasteiger partial charge in [-0.2, -0.15) is 15.5 Å². The summed E-state index contributed by atoms with van der Waals surface area (Å²) in [4.78, 5) is 9.42. The third-order valence-corrected chi connectivity index (χ3v) is 5.28. The van der Waals surface area contributed by atoms with Crippen LogP contribution in [0.3, 0.4) is 0 Å². The first-order valence-electron chi connectivity index (χ1n) is 11.3. The van der Waals surface area contributed by atoms with Gasteiger partial charge in [-0.25, -0.2) is 4.98 Å². The van der Waals surface area contributed by atoms with Crippen LogP contribution >= 0.6 is 0 Å². The summed E-state index contributed by atoms with van der Waals surface area (Å²) in [6, 6.07) is 15.1. The topological polar surface area (TPSA) is 116 Å². The van der Waals surface area contributed by atoms with E-state index in [1.54, 1.807) is 37.5 Å². The molecule has 0 spiro atoms. The van der Waals surface area contributed by atoms with E-state index in [0.717, 1.165) is 28.1 Å². The predicted octanol–water partition coefficient (Wildman–Crippen LogP) is 6.14. The van der Waals surface area contributed by atoms with Crippen molar-refractivity contribution < 1.29 is 9.47 Å². The maximum absolute atomic E-state index is 9.07. The second-order valence-corrected chi connectivity index (χ2v) is 7.94. The molecule has 182 valence electrons. The lowest BCUT2D eigenvalue weighted by molar-refractivity contribution is 0.180. The van der Waals surface area contributed by atoms with Crippen LogP contribution in [0.15, 0.2) is 49.1 Å². The second-order valence-electron chi connectivity index (χ2n) is 7.94. The standard InChI is InChI=1S/C28H28N6O2/c1-6-36-20(4)25-24(17-35-5)32-28(31-23-11-9-21(16-30)10-12-23)34-27(25)33-26-18(2)14-22(8-7-13-29)15-19(26)3/h7-12,14-15H,4,6,17H2,1-3,5H3,(H2,31,32,33,34). The molecule has 0 amide bonds. The van der Waals surface area contributed by atoms with E-state index >= 15 is 0 Å². The van der Waals surface area contributed by atoms with Crippen LogP contribution in [0.2, 0.25) is 0 Å². The molecule has 8 heteroatoms. The first kappa shape index (κ1) is 26.0. The van der Waals surface area contributed by atoms with E-state index in [4.69, 9.17) is 25.0 Å². The molecule has 2 N–H and O–H groups in total. The van der Waals surface area contributed by atoms with Crippen LogP contribution in [-0.4, -0.2) is 23.7 Å². The Bertz CT molecular complexity index is 1340. The highest BCUT2D eigenvalue weighted by molar-refractivity contribution is 5.78. The monoisotopic (exact) mass is 480 g/mol. The fraction of sp³-hybridized carbons (Fsp3) is 0.214. The van der Waals surface area contributed by atoms with Crippen molar-refractivity contribution in [1.29, 1.82) is 10.5 Å². The van der Waals surface area contributed by atoms with Crippen molar-refractivity contribution in [2.45, 2.75) is 27.4 Å². The van der Waals surface area contributed by atoms with Gasteiger partial charge in [-0.1, -0.05) is 6.58 Å². The molecule has 0 saturated heterocycles. The van der Waals surface area contributed by atoms with Gasteiger partial charge in [0, 0.05) is 24.6 Å². The van der Waals surface area contributed by atoms with Crippen LogP contribution in [-0.2, 0) is 16.1 Å². The molecule has 8 nitrogen and oxygen atoms in total. The highest BCUT2D eigenvalue weighted by atomic mass is 16.5. The molecule has 0 saturated carbocycles. The summed E-state index contributed by atoms with van der Waals surface area (Å²) < 4.78 is 11.2. The molecule has 1 heterocycles. The number of rotatable bonds is 10. The average molecular weight is 481 g/mol. The Hall–Kier alpha value is -4.66. The summed E-state index contributed by atoms with van der Waals surface area (Å²) >= 11 is 0. The minimum Gasteiger partial charge on any atom is -0.494 e. The predicted molar refractivity (Wildman–Crippen MR) is 142 cm³/mol. The van der Waals surface area contributed by atoms with Crippen LogP contribution in [0.5, 0.6) is 0 Å². The van der Waals surface area contributed by atoms with E-state index in [0.29, 0.717) is 41.0 Å². The fourth-order valence-electron chi connectivity index (χ4n) is 3.73. The van der Waals surface area contributed by atoms with E-state index in [1.165, 1.54) is 6.08 Å². The van der Waals surface area contributed by atoms with Crippen molar-refractivity contribution in [3.8, 4) is 12.1 Å². The Kier molecular flexibility index (Phi) is 8.77. The van der Waals surface area contributed by atoms with E-state index in [2.05, 4.69) is 28.3 Å². The number of allylic oxidation sites excluding steroid dienone is 1. The maximum atomic E-state index is 9.07. The smallest absolute Gasteiger partial charge is 0.229 e. The Morgan fingerprint density at radius 2 is 1.78 bits per heavy atom. The molecule has 0 atom stereocenters. The number of benzene rings is 2. The molecule has 0 aliphatic heterocycles. The summed E-state index contributed by atoms with van der Waals surface area (Å²) in [6.45, 7) is 10.6. The number of hydrogen-bond donors (Lipinski definition) is 2. The minimum atomic E-state index is 0.219. The molecule has 0 unspecified atom stereocenters. The largest absolute Gasteiger partial charge is 0.494 e. The van der Waals surface area contributed by atoms with Gasteiger partial charge < -0.3 is 20.1 Å². The normalized spacial score (nSPS) is 10.5. The number of methoxy groups -OCH3 is 1. The molecule has 2 aromatic carbocycles. The third kappa shape index (κ3) is 6.26. The van der Waals surface area contributed by atoms with Gasteiger partial charge in [-0.05, 0) is 79.9 Å². The van der Waals surface area contributed by atoms with Crippen LogP contribution in [0, 0.1) is 36.5 Å². The number of nitrogens with one attached hydrogen (secondary N) is 2. The molecular formula is C28H28N6O2. The molecule has 3 rings (SSSR count). The molecule has 0 aliphatic rings. The Balaban J connectivity index is 2.11. The summed E-state index contributed by atoms with van der Waals surface area (Å²) in [5.41, 5.74) is 6.29. The number of hydrogen-bond acceptors (Lipinski definition) is 8. The Morgan fingerprint density at radius 3 is 2.36 bits per heavy atom. The van der Waals surface area contributed by atoms with Gasteiger partial charge in [-0.3, -0.25) is 0 Å². The van der Waals surface area contributed by atoms with Crippen molar-refractivity contribution in [2.75, 3.05) is 24.4 Å². The number of anilines is 4. The minimum absolute atomic E-state index is 0.219. The number of nitriles is 2. The van der Waals surface area contributed by atoms with Crippen LogP contribution in [0.1, 0.15) is 40.4 Å². The second kappa shape index (κ2) is 12.2. The molecule has 0 bridgehead atoms. The van der Waals surface area contributed by atoms with E-state index < -0.39 is 0 Å². The average Bonchev–Trinajstić information content (AvgIpc) is 2.85. The first-order valence-corrected chi connectivity index (χ1v) is 11.3. The lowest BCUT2D eigenvalue weighted by Gasteiger charge is -2.20. The summed E-state index contributed by atoms with van der Waals surface area (Å²) in [5, 5.41) is 24.6. The van der Waals surface area contributed by atoms with Crippen LogP contribution in [0.25, 0.3) is 11.8 Å². The van der Waals surface area contributed by atoms with Gasteiger partial charge in [0.15, 0.2) is 0 Å². The molecule has 3 aromatic rings. The lowest BCUT2D eigenvalue weighted by atomic mass is 10.0. The van der Waals surface area contributed by atoms with Crippen molar-refractivity contribution in [1.82, 2.24) is 9.97 Å². The first-order chi connectivity index (χ1) is 17.4. The van der Waals surface area contributed by atoms with Gasteiger partial charge in [0.25, 0.3) is 0 Å². The van der Waals surface area contributed by atoms with Crippen LogP contribution < -0.4 is 10.6 Å².